The lowest BCUT2D eigenvalue weighted by atomic mass is 9.93. The van der Waals surface area contributed by atoms with Crippen LogP contribution in [0.2, 0.25) is 10.0 Å². The van der Waals surface area contributed by atoms with E-state index in [0.29, 0.717) is 55.6 Å². The van der Waals surface area contributed by atoms with E-state index in [1.54, 1.807) is 24.0 Å². The number of likely N-dealkylation sites (N-methyl/N-ethyl adjacent to an activating group) is 1. The molecule has 3 fully saturated rings. The first-order valence-electron chi connectivity index (χ1n) is 11.7. The van der Waals surface area contributed by atoms with Crippen molar-refractivity contribution >= 4 is 41.1 Å². The average molecular weight is 496 g/mol. The topological polar surface area (TPSA) is 81.2 Å². The number of rotatable bonds is 5. The summed E-state index contributed by atoms with van der Waals surface area (Å²) >= 11 is 12.3. The second-order valence-electron chi connectivity index (χ2n) is 9.79. The fraction of sp³-hybridized carbons (Fsp3) is 0.625. The second kappa shape index (κ2) is 9.34. The summed E-state index contributed by atoms with van der Waals surface area (Å²) in [4.78, 5) is 43.1. The molecule has 1 aliphatic carbocycles. The average Bonchev–Trinajstić information content (AvgIpc) is 3.40. The Balaban J connectivity index is 1.47. The van der Waals surface area contributed by atoms with Gasteiger partial charge in [0, 0.05) is 50.0 Å². The van der Waals surface area contributed by atoms with Gasteiger partial charge in [-0.05, 0) is 50.3 Å². The maximum atomic E-state index is 13.4. The van der Waals surface area contributed by atoms with E-state index >= 15 is 0 Å². The number of amides is 3. The van der Waals surface area contributed by atoms with Crippen molar-refractivity contribution in [2.24, 2.45) is 11.3 Å². The van der Waals surface area contributed by atoms with Crippen LogP contribution >= 0.6 is 23.2 Å². The van der Waals surface area contributed by atoms with Crippen LogP contribution in [0, 0.1) is 11.3 Å². The highest BCUT2D eigenvalue weighted by Gasteiger charge is 2.48. The number of carboxylic acid groups (broad SMARTS) is 1. The summed E-state index contributed by atoms with van der Waals surface area (Å²) in [6, 6.07) is 4.99. The summed E-state index contributed by atoms with van der Waals surface area (Å²) < 4.78 is 0. The van der Waals surface area contributed by atoms with Crippen LogP contribution in [-0.2, 0) is 9.59 Å². The second-order valence-corrected chi connectivity index (χ2v) is 10.6. The normalized spacial score (nSPS) is 24.6. The molecule has 0 bridgehead atoms. The molecule has 180 valence electrons. The predicted octanol–water partition coefficient (Wildman–Crippen LogP) is 4.33. The van der Waals surface area contributed by atoms with Gasteiger partial charge in [-0.2, -0.15) is 0 Å². The third kappa shape index (κ3) is 4.80. The molecule has 33 heavy (non-hydrogen) atoms. The van der Waals surface area contributed by atoms with E-state index in [1.807, 2.05) is 17.9 Å². The Morgan fingerprint density at radius 3 is 2.30 bits per heavy atom. The number of nitrogens with zero attached hydrogens (tertiary/aromatic N) is 3. The molecule has 2 heterocycles. The highest BCUT2D eigenvalue weighted by Crippen LogP contribution is 2.47. The third-order valence-electron chi connectivity index (χ3n) is 7.61. The van der Waals surface area contributed by atoms with Crippen molar-refractivity contribution in [3.8, 4) is 0 Å². The van der Waals surface area contributed by atoms with E-state index < -0.39 is 6.09 Å². The molecule has 1 N–H and O–H groups in total. The zero-order valence-corrected chi connectivity index (χ0v) is 20.6. The van der Waals surface area contributed by atoms with Crippen molar-refractivity contribution in [2.45, 2.75) is 51.5 Å². The lowest BCUT2D eigenvalue weighted by molar-refractivity contribution is -0.142. The van der Waals surface area contributed by atoms with Gasteiger partial charge in [-0.3, -0.25) is 9.59 Å². The molecule has 3 amide bonds. The van der Waals surface area contributed by atoms with Crippen LogP contribution in [0.25, 0.3) is 0 Å². The van der Waals surface area contributed by atoms with Crippen LogP contribution in [0.1, 0.15) is 51.0 Å². The van der Waals surface area contributed by atoms with Crippen LogP contribution in [0.3, 0.4) is 0 Å². The smallest absolute Gasteiger partial charge is 0.407 e. The minimum Gasteiger partial charge on any atom is -0.465 e. The fourth-order valence-electron chi connectivity index (χ4n) is 5.24. The number of carbonyl (C=O) groups excluding carboxylic acids is 2. The molecule has 1 aromatic carbocycles. The number of hydrogen-bond donors (Lipinski definition) is 1. The summed E-state index contributed by atoms with van der Waals surface area (Å²) in [5.74, 6) is -0.0616. The molecule has 7 nitrogen and oxygen atoms in total. The first kappa shape index (κ1) is 24.1. The quantitative estimate of drug-likeness (QED) is 0.658. The number of likely N-dealkylation sites (tertiary alicyclic amines) is 2. The van der Waals surface area contributed by atoms with Gasteiger partial charge >= 0.3 is 6.09 Å². The Hall–Kier alpha value is -1.99. The van der Waals surface area contributed by atoms with Gasteiger partial charge in [0.1, 0.15) is 0 Å². The summed E-state index contributed by atoms with van der Waals surface area (Å²) in [6.07, 6.45) is 2.20. The summed E-state index contributed by atoms with van der Waals surface area (Å²) in [5.41, 5.74) is 0.689. The molecule has 0 radical (unpaired) electrons. The third-order valence-corrected chi connectivity index (χ3v) is 8.35. The molecule has 0 aromatic heterocycles. The Bertz CT molecular complexity index is 944. The van der Waals surface area contributed by atoms with Gasteiger partial charge in [0.15, 0.2) is 0 Å². The molecule has 0 unspecified atom stereocenters. The molecular formula is C24H31Cl2N3O4. The van der Waals surface area contributed by atoms with Gasteiger partial charge in [0.05, 0.1) is 16.1 Å². The number of benzene rings is 1. The molecule has 2 saturated heterocycles. The fourth-order valence-corrected chi connectivity index (χ4v) is 5.54. The molecule has 1 aromatic rings. The van der Waals surface area contributed by atoms with E-state index in [-0.39, 0.29) is 35.1 Å². The van der Waals surface area contributed by atoms with E-state index in [1.165, 1.54) is 4.90 Å². The molecule has 2 aliphatic heterocycles. The van der Waals surface area contributed by atoms with E-state index in [4.69, 9.17) is 23.2 Å². The molecule has 0 spiro atoms. The standard InChI is InChI=1S/C24H31Cl2N3O4/c1-3-29(23(32)33)20-14-28(13-17(20)16-4-5-18(25)19(26)12-16)21(30)15-6-10-27(11-7-15)22(31)24(2)8-9-24/h4-5,12,15,17,20H,3,6-11,13-14H2,1-2H3,(H,32,33)/t17-,20+/m0/s1. The number of piperidine rings is 1. The molecule has 1 saturated carbocycles. The first-order chi connectivity index (χ1) is 15.6. The number of hydrogen-bond acceptors (Lipinski definition) is 3. The monoisotopic (exact) mass is 495 g/mol. The minimum absolute atomic E-state index is 0.0498. The van der Waals surface area contributed by atoms with E-state index in [0.717, 1.165) is 18.4 Å². The van der Waals surface area contributed by atoms with E-state index in [2.05, 4.69) is 0 Å². The Kier molecular flexibility index (Phi) is 6.83. The number of halogens is 2. The minimum atomic E-state index is -0.998. The van der Waals surface area contributed by atoms with Crippen molar-refractivity contribution in [1.82, 2.24) is 14.7 Å². The molecule has 9 heteroatoms. The molecule has 2 atom stereocenters. The van der Waals surface area contributed by atoms with Crippen molar-refractivity contribution in [3.63, 3.8) is 0 Å². The Morgan fingerprint density at radius 2 is 1.76 bits per heavy atom. The van der Waals surface area contributed by atoms with Gasteiger partial charge in [-0.1, -0.05) is 36.2 Å². The van der Waals surface area contributed by atoms with Crippen LogP contribution in [0.4, 0.5) is 4.79 Å². The Labute approximate surface area is 204 Å². The van der Waals surface area contributed by atoms with Gasteiger partial charge in [-0.15, -0.1) is 0 Å². The van der Waals surface area contributed by atoms with Crippen LogP contribution in [-0.4, -0.2) is 76.5 Å². The lowest BCUT2D eigenvalue weighted by Crippen LogP contribution is -2.47. The lowest BCUT2D eigenvalue weighted by Gasteiger charge is -2.34. The van der Waals surface area contributed by atoms with Gasteiger partial charge in [0.2, 0.25) is 11.8 Å². The molecule has 4 rings (SSSR count). The van der Waals surface area contributed by atoms with Crippen molar-refractivity contribution in [1.29, 1.82) is 0 Å². The van der Waals surface area contributed by atoms with Crippen LogP contribution in [0.5, 0.6) is 0 Å². The van der Waals surface area contributed by atoms with Crippen molar-refractivity contribution < 1.29 is 19.5 Å². The van der Waals surface area contributed by atoms with E-state index in [9.17, 15) is 19.5 Å². The van der Waals surface area contributed by atoms with Crippen LogP contribution < -0.4 is 0 Å². The first-order valence-corrected chi connectivity index (χ1v) is 12.4. The summed E-state index contributed by atoms with van der Waals surface area (Å²) in [6.45, 7) is 6.14. The largest absolute Gasteiger partial charge is 0.465 e. The van der Waals surface area contributed by atoms with Crippen molar-refractivity contribution in [2.75, 3.05) is 32.7 Å². The predicted molar refractivity (Wildman–Crippen MR) is 127 cm³/mol. The summed E-state index contributed by atoms with van der Waals surface area (Å²) in [5, 5.41) is 10.6. The van der Waals surface area contributed by atoms with Crippen LogP contribution in [0.15, 0.2) is 18.2 Å². The van der Waals surface area contributed by atoms with Crippen molar-refractivity contribution in [3.05, 3.63) is 33.8 Å². The van der Waals surface area contributed by atoms with Gasteiger partial charge in [-0.25, -0.2) is 4.79 Å². The highest BCUT2D eigenvalue weighted by atomic mass is 35.5. The zero-order valence-electron chi connectivity index (χ0n) is 19.1. The van der Waals surface area contributed by atoms with Gasteiger partial charge < -0.3 is 19.8 Å². The highest BCUT2D eigenvalue weighted by molar-refractivity contribution is 6.42. The number of carbonyl (C=O) groups is 3. The van der Waals surface area contributed by atoms with Gasteiger partial charge in [0.25, 0.3) is 0 Å². The molecule has 3 aliphatic rings. The maximum Gasteiger partial charge on any atom is 0.407 e. The Morgan fingerprint density at radius 1 is 1.09 bits per heavy atom. The summed E-state index contributed by atoms with van der Waals surface area (Å²) in [7, 11) is 0. The maximum absolute atomic E-state index is 13.4. The zero-order chi connectivity index (χ0) is 23.9. The SMILES string of the molecule is CCN(C(=O)O)[C@@H]1CN(C(=O)C2CCN(C(=O)C3(C)CC3)CC2)C[C@H]1c1ccc(Cl)c(Cl)c1. The molecular weight excluding hydrogens is 465 g/mol.